The first-order valence-electron chi connectivity index (χ1n) is 8.58. The Kier molecular flexibility index (Phi) is 4.24. The van der Waals surface area contributed by atoms with Crippen molar-refractivity contribution in [1.82, 2.24) is 15.5 Å². The molecule has 132 valence electrons. The zero-order valence-electron chi connectivity index (χ0n) is 14.1. The molecule has 2 heterocycles. The van der Waals surface area contributed by atoms with Gasteiger partial charge in [0.15, 0.2) is 5.76 Å². The van der Waals surface area contributed by atoms with Crippen molar-refractivity contribution in [1.29, 1.82) is 0 Å². The molecule has 0 bridgehead atoms. The number of nitrogens with zero attached hydrogens (tertiary/aromatic N) is 2. The number of hydrogen-bond donors (Lipinski definition) is 1. The molecule has 0 radical (unpaired) electrons. The van der Waals surface area contributed by atoms with Crippen LogP contribution in [-0.2, 0) is 16.6 Å². The second-order valence-corrected chi connectivity index (χ2v) is 6.50. The molecule has 0 spiro atoms. The van der Waals surface area contributed by atoms with Gasteiger partial charge in [-0.25, -0.2) is 4.39 Å². The lowest BCUT2D eigenvalue weighted by molar-refractivity contribution is -0.123. The fourth-order valence-electron chi connectivity index (χ4n) is 3.05. The zero-order chi connectivity index (χ0) is 18.0. The lowest BCUT2D eigenvalue weighted by Crippen LogP contribution is -2.36. The molecular formula is C20H18FN3O2. The summed E-state index contributed by atoms with van der Waals surface area (Å²) in [6, 6.07) is 11.9. The van der Waals surface area contributed by atoms with E-state index in [9.17, 15) is 9.18 Å². The fourth-order valence-corrected chi connectivity index (χ4v) is 3.05. The molecule has 0 atom stereocenters. The van der Waals surface area contributed by atoms with Gasteiger partial charge in [-0.2, -0.15) is 0 Å². The molecule has 3 aromatic rings. The highest BCUT2D eigenvalue weighted by Gasteiger charge is 2.53. The highest BCUT2D eigenvalue weighted by molar-refractivity contribution is 5.91. The van der Waals surface area contributed by atoms with Crippen molar-refractivity contribution in [2.45, 2.75) is 24.7 Å². The molecule has 1 N–H and O–H groups in total. The summed E-state index contributed by atoms with van der Waals surface area (Å²) in [5.74, 6) is -0.0873. The Balaban J connectivity index is 1.44. The quantitative estimate of drug-likeness (QED) is 0.740. The highest BCUT2D eigenvalue weighted by Crippen LogP contribution is 2.48. The summed E-state index contributed by atoms with van der Waals surface area (Å²) >= 11 is 0. The third-order valence-corrected chi connectivity index (χ3v) is 4.77. The Labute approximate surface area is 150 Å². The number of hydrogen-bond acceptors (Lipinski definition) is 4. The molecule has 0 aliphatic heterocycles. The summed E-state index contributed by atoms with van der Waals surface area (Å²) in [4.78, 5) is 16.6. The number of rotatable bonds is 6. The van der Waals surface area contributed by atoms with E-state index in [1.54, 1.807) is 36.7 Å². The second kappa shape index (κ2) is 6.71. The van der Waals surface area contributed by atoms with Gasteiger partial charge in [0.1, 0.15) is 5.82 Å². The van der Waals surface area contributed by atoms with Crippen LogP contribution in [0.15, 0.2) is 59.4 Å². The van der Waals surface area contributed by atoms with Crippen LogP contribution in [-0.4, -0.2) is 22.6 Å². The Hall–Kier alpha value is -3.02. The molecule has 1 aliphatic rings. The van der Waals surface area contributed by atoms with E-state index < -0.39 is 5.41 Å². The van der Waals surface area contributed by atoms with Gasteiger partial charge in [0, 0.05) is 25.0 Å². The van der Waals surface area contributed by atoms with Gasteiger partial charge in [0.25, 0.3) is 0 Å². The van der Waals surface area contributed by atoms with E-state index in [1.165, 1.54) is 6.07 Å². The first-order valence-corrected chi connectivity index (χ1v) is 8.58. The van der Waals surface area contributed by atoms with Gasteiger partial charge in [-0.1, -0.05) is 17.3 Å². The predicted molar refractivity (Wildman–Crippen MR) is 93.8 cm³/mol. The van der Waals surface area contributed by atoms with Gasteiger partial charge in [0.05, 0.1) is 16.7 Å². The van der Waals surface area contributed by atoms with Gasteiger partial charge in [-0.05, 0) is 49.1 Å². The first kappa shape index (κ1) is 16.4. The number of carbonyl (C=O) groups excluding carboxylic acids is 1. The molecule has 1 fully saturated rings. The third-order valence-electron chi connectivity index (χ3n) is 4.77. The standard InChI is InChI=1S/C20H18FN3O2/c21-16-4-2-1-3-15(16)17-13-18(24-26-17)20(8-9-20)19(25)23-12-7-14-5-10-22-11-6-14/h1-6,10-11,13H,7-9,12H2,(H,23,25). The van der Waals surface area contributed by atoms with E-state index >= 15 is 0 Å². The predicted octanol–water partition coefficient (Wildman–Crippen LogP) is 3.27. The number of pyridine rings is 1. The van der Waals surface area contributed by atoms with Gasteiger partial charge >= 0.3 is 0 Å². The van der Waals surface area contributed by atoms with Crippen LogP contribution in [0.25, 0.3) is 11.3 Å². The Morgan fingerprint density at radius 2 is 1.96 bits per heavy atom. The molecule has 5 nitrogen and oxygen atoms in total. The summed E-state index contributed by atoms with van der Waals surface area (Å²) < 4.78 is 19.2. The minimum absolute atomic E-state index is 0.0556. The summed E-state index contributed by atoms with van der Waals surface area (Å²) in [7, 11) is 0. The van der Waals surface area contributed by atoms with E-state index in [0.29, 0.717) is 23.6 Å². The molecule has 1 aliphatic carbocycles. The zero-order valence-corrected chi connectivity index (χ0v) is 14.1. The number of nitrogens with one attached hydrogen (secondary N) is 1. The Bertz CT molecular complexity index is 920. The fraction of sp³-hybridized carbons (Fsp3) is 0.250. The van der Waals surface area contributed by atoms with E-state index in [4.69, 9.17) is 4.52 Å². The summed E-state index contributed by atoms with van der Waals surface area (Å²) in [6.45, 7) is 0.544. The number of benzene rings is 1. The molecule has 1 saturated carbocycles. The second-order valence-electron chi connectivity index (χ2n) is 6.50. The number of halogens is 1. The molecule has 4 rings (SSSR count). The van der Waals surface area contributed by atoms with Crippen LogP contribution in [0.5, 0.6) is 0 Å². The molecule has 0 unspecified atom stereocenters. The molecule has 1 amide bonds. The van der Waals surface area contributed by atoms with E-state index in [1.807, 2.05) is 12.1 Å². The van der Waals surface area contributed by atoms with Crippen molar-refractivity contribution >= 4 is 5.91 Å². The molecular weight excluding hydrogens is 333 g/mol. The minimum atomic E-state index is -0.648. The normalized spacial score (nSPS) is 14.8. The highest BCUT2D eigenvalue weighted by atomic mass is 19.1. The SMILES string of the molecule is O=C(NCCc1ccncc1)C1(c2cc(-c3ccccc3F)on2)CC1. The largest absolute Gasteiger partial charge is 0.356 e. The third kappa shape index (κ3) is 3.10. The number of aromatic nitrogens is 2. The lowest BCUT2D eigenvalue weighted by Gasteiger charge is -2.12. The summed E-state index contributed by atoms with van der Waals surface area (Å²) in [5.41, 5.74) is 1.39. The molecule has 2 aromatic heterocycles. The van der Waals surface area contributed by atoms with Crippen LogP contribution in [0, 0.1) is 5.82 Å². The van der Waals surface area contributed by atoms with Crippen LogP contribution >= 0.6 is 0 Å². The van der Waals surface area contributed by atoms with Crippen molar-refractivity contribution in [3.8, 4) is 11.3 Å². The smallest absolute Gasteiger partial charge is 0.232 e. The minimum Gasteiger partial charge on any atom is -0.356 e. The number of carbonyl (C=O) groups is 1. The van der Waals surface area contributed by atoms with Crippen molar-refractivity contribution in [2.75, 3.05) is 6.54 Å². The maximum absolute atomic E-state index is 13.9. The van der Waals surface area contributed by atoms with Gasteiger partial charge in [-0.15, -0.1) is 0 Å². The van der Waals surface area contributed by atoms with E-state index in [2.05, 4.69) is 15.5 Å². The van der Waals surface area contributed by atoms with Gasteiger partial charge in [-0.3, -0.25) is 9.78 Å². The molecule has 6 heteroatoms. The average Bonchev–Trinajstić information content (AvgIpc) is 3.34. The van der Waals surface area contributed by atoms with Crippen molar-refractivity contribution in [3.63, 3.8) is 0 Å². The Morgan fingerprint density at radius 1 is 1.19 bits per heavy atom. The van der Waals surface area contributed by atoms with Crippen LogP contribution in [0.1, 0.15) is 24.1 Å². The van der Waals surface area contributed by atoms with Gasteiger partial charge < -0.3 is 9.84 Å². The molecule has 0 saturated heterocycles. The lowest BCUT2D eigenvalue weighted by atomic mass is 10.00. The van der Waals surface area contributed by atoms with Gasteiger partial charge in [0.2, 0.25) is 5.91 Å². The number of amides is 1. The Morgan fingerprint density at radius 3 is 2.69 bits per heavy atom. The maximum Gasteiger partial charge on any atom is 0.232 e. The van der Waals surface area contributed by atoms with Crippen molar-refractivity contribution in [3.05, 3.63) is 71.9 Å². The molecule has 26 heavy (non-hydrogen) atoms. The average molecular weight is 351 g/mol. The van der Waals surface area contributed by atoms with Crippen LogP contribution in [0.2, 0.25) is 0 Å². The van der Waals surface area contributed by atoms with Crippen LogP contribution in [0.3, 0.4) is 0 Å². The van der Waals surface area contributed by atoms with Crippen molar-refractivity contribution < 1.29 is 13.7 Å². The van der Waals surface area contributed by atoms with E-state index in [0.717, 1.165) is 24.8 Å². The maximum atomic E-state index is 13.9. The van der Waals surface area contributed by atoms with E-state index in [-0.39, 0.29) is 11.7 Å². The topological polar surface area (TPSA) is 68.0 Å². The van der Waals surface area contributed by atoms with Crippen LogP contribution in [0.4, 0.5) is 4.39 Å². The molecule has 1 aromatic carbocycles. The summed E-state index contributed by atoms with van der Waals surface area (Å²) in [5, 5.41) is 7.02. The summed E-state index contributed by atoms with van der Waals surface area (Å²) in [6.07, 6.45) is 5.65. The monoisotopic (exact) mass is 351 g/mol. The first-order chi connectivity index (χ1) is 12.7. The van der Waals surface area contributed by atoms with Crippen LogP contribution < -0.4 is 5.32 Å². The van der Waals surface area contributed by atoms with Crippen molar-refractivity contribution in [2.24, 2.45) is 0 Å².